The molecule has 0 aliphatic heterocycles. The Bertz CT molecular complexity index is 931. The van der Waals surface area contributed by atoms with Gasteiger partial charge in [-0.1, -0.05) is 29.8 Å². The van der Waals surface area contributed by atoms with Crippen LogP contribution in [0.4, 0.5) is 4.79 Å². The van der Waals surface area contributed by atoms with Gasteiger partial charge in [0.05, 0.1) is 11.9 Å². The highest BCUT2D eigenvalue weighted by molar-refractivity contribution is 5.64. The lowest BCUT2D eigenvalue weighted by atomic mass is 10.0. The summed E-state index contributed by atoms with van der Waals surface area (Å²) in [5.74, 6) is 0. The summed E-state index contributed by atoms with van der Waals surface area (Å²) in [4.78, 5) is 12.3. The normalized spacial score (nSPS) is 10.7. The van der Waals surface area contributed by atoms with Gasteiger partial charge in [0.2, 0.25) is 0 Å². The minimum Gasteiger partial charge on any atom is -0.465 e. The lowest BCUT2D eigenvalue weighted by Crippen LogP contribution is -2.20. The second-order valence-corrected chi connectivity index (χ2v) is 6.11. The molecule has 2 N–H and O–H groups in total. The predicted molar refractivity (Wildman–Crippen MR) is 95.9 cm³/mol. The highest BCUT2D eigenvalue weighted by Gasteiger charge is 2.10. The minimum atomic E-state index is -1.04. The fourth-order valence-corrected chi connectivity index (χ4v) is 2.76. The van der Waals surface area contributed by atoms with Gasteiger partial charge in [0.1, 0.15) is 5.69 Å². The number of nitrogens with one attached hydrogen (secondary N) is 1. The number of hydrogen-bond donors (Lipinski definition) is 2. The fourth-order valence-electron chi connectivity index (χ4n) is 2.76. The molecule has 0 atom stereocenters. The lowest BCUT2D eigenvalue weighted by molar-refractivity contribution is 0.194. The van der Waals surface area contributed by atoms with Gasteiger partial charge in [0.15, 0.2) is 0 Å². The molecule has 1 heterocycles. The van der Waals surface area contributed by atoms with Gasteiger partial charge in [-0.2, -0.15) is 9.90 Å². The number of rotatable bonds is 4. The lowest BCUT2D eigenvalue weighted by Gasteiger charge is -2.08. The summed E-state index contributed by atoms with van der Waals surface area (Å²) in [6, 6.07) is 12.0. The van der Waals surface area contributed by atoms with Gasteiger partial charge in [-0.3, -0.25) is 0 Å². The summed E-state index contributed by atoms with van der Waals surface area (Å²) in [5, 5.41) is 20.1. The number of carboxylic acid groups (broad SMARTS) is 1. The van der Waals surface area contributed by atoms with Gasteiger partial charge < -0.3 is 10.4 Å². The summed E-state index contributed by atoms with van der Waals surface area (Å²) < 4.78 is 0. The van der Waals surface area contributed by atoms with Crippen LogP contribution in [0, 0.1) is 20.8 Å². The Kier molecular flexibility index (Phi) is 4.52. The molecular weight excluding hydrogens is 316 g/mol. The maximum Gasteiger partial charge on any atom is 0.404 e. The molecule has 6 heteroatoms. The molecule has 128 valence electrons. The fraction of sp³-hybridized carbons (Fsp3) is 0.211. The van der Waals surface area contributed by atoms with Gasteiger partial charge in [-0.15, -0.1) is 5.10 Å². The molecule has 1 aromatic heterocycles. The van der Waals surface area contributed by atoms with Crippen molar-refractivity contribution >= 4 is 6.09 Å². The molecule has 25 heavy (non-hydrogen) atoms. The van der Waals surface area contributed by atoms with Crippen molar-refractivity contribution in [3.8, 4) is 16.9 Å². The highest BCUT2D eigenvalue weighted by Crippen LogP contribution is 2.23. The Morgan fingerprint density at radius 1 is 1.12 bits per heavy atom. The molecule has 6 nitrogen and oxygen atoms in total. The van der Waals surface area contributed by atoms with Gasteiger partial charge >= 0.3 is 6.09 Å². The third-order valence-corrected chi connectivity index (χ3v) is 4.14. The number of hydrogen-bond acceptors (Lipinski definition) is 3. The van der Waals surface area contributed by atoms with E-state index in [1.165, 1.54) is 5.56 Å². The Morgan fingerprint density at radius 2 is 1.92 bits per heavy atom. The SMILES string of the molecule is Cc1ccc(-c2cnn(-c3ccc(C)c(CNC(=O)O)c3)n2)c(C)c1. The van der Waals surface area contributed by atoms with E-state index in [9.17, 15) is 4.79 Å². The average Bonchev–Trinajstić information content (AvgIpc) is 3.03. The zero-order valence-electron chi connectivity index (χ0n) is 14.4. The molecule has 3 aromatic rings. The molecule has 0 saturated heterocycles. The van der Waals surface area contributed by atoms with Crippen molar-refractivity contribution in [1.82, 2.24) is 20.3 Å². The number of carbonyl (C=O) groups is 1. The van der Waals surface area contributed by atoms with E-state index >= 15 is 0 Å². The Balaban J connectivity index is 1.92. The van der Waals surface area contributed by atoms with Crippen molar-refractivity contribution in [3.05, 3.63) is 64.8 Å². The highest BCUT2D eigenvalue weighted by atomic mass is 16.4. The van der Waals surface area contributed by atoms with Crippen molar-refractivity contribution in [1.29, 1.82) is 0 Å². The quantitative estimate of drug-likeness (QED) is 0.762. The van der Waals surface area contributed by atoms with Crippen LogP contribution in [0.15, 0.2) is 42.6 Å². The zero-order chi connectivity index (χ0) is 18.0. The molecule has 0 unspecified atom stereocenters. The van der Waals surface area contributed by atoms with Gasteiger partial charge in [-0.05, 0) is 49.6 Å². The van der Waals surface area contributed by atoms with E-state index in [1.54, 1.807) is 11.0 Å². The number of aryl methyl sites for hydroxylation is 3. The zero-order valence-corrected chi connectivity index (χ0v) is 14.4. The molecule has 1 amide bonds. The van der Waals surface area contributed by atoms with Crippen molar-refractivity contribution in [3.63, 3.8) is 0 Å². The van der Waals surface area contributed by atoms with Crippen LogP contribution in [0.25, 0.3) is 16.9 Å². The monoisotopic (exact) mass is 336 g/mol. The summed E-state index contributed by atoms with van der Waals surface area (Å²) in [6.45, 7) is 6.32. The Hall–Kier alpha value is -3.15. The number of aromatic nitrogens is 3. The van der Waals surface area contributed by atoms with Crippen LogP contribution in [0.2, 0.25) is 0 Å². The average molecular weight is 336 g/mol. The largest absolute Gasteiger partial charge is 0.465 e. The van der Waals surface area contributed by atoms with E-state index in [1.807, 2.05) is 25.1 Å². The maximum absolute atomic E-state index is 10.7. The first-order chi connectivity index (χ1) is 11.9. The molecule has 2 aromatic carbocycles. The van der Waals surface area contributed by atoms with E-state index < -0.39 is 6.09 Å². The third-order valence-electron chi connectivity index (χ3n) is 4.14. The van der Waals surface area contributed by atoms with Crippen LogP contribution in [-0.4, -0.2) is 26.2 Å². The second kappa shape index (κ2) is 6.76. The predicted octanol–water partition coefficient (Wildman–Crippen LogP) is 3.63. The molecule has 0 bridgehead atoms. The first kappa shape index (κ1) is 16.7. The van der Waals surface area contributed by atoms with E-state index in [-0.39, 0.29) is 6.54 Å². The summed E-state index contributed by atoms with van der Waals surface area (Å²) in [6.07, 6.45) is 0.700. The summed E-state index contributed by atoms with van der Waals surface area (Å²) in [5.41, 5.74) is 6.93. The standard InChI is InChI=1S/C19H20N4O2/c1-12-4-7-17(14(3)8-12)18-11-21-23(22-18)16-6-5-13(2)15(9-16)10-20-19(24)25/h4-9,11,20H,10H2,1-3H3,(H,24,25). The smallest absolute Gasteiger partial charge is 0.404 e. The van der Waals surface area contributed by atoms with E-state index in [0.717, 1.165) is 33.6 Å². The van der Waals surface area contributed by atoms with Crippen molar-refractivity contribution in [2.24, 2.45) is 0 Å². The number of benzene rings is 2. The molecule has 0 saturated carbocycles. The molecule has 0 radical (unpaired) electrons. The maximum atomic E-state index is 10.7. The van der Waals surface area contributed by atoms with E-state index in [0.29, 0.717) is 0 Å². The third kappa shape index (κ3) is 3.68. The Morgan fingerprint density at radius 3 is 2.64 bits per heavy atom. The van der Waals surface area contributed by atoms with Crippen molar-refractivity contribution < 1.29 is 9.90 Å². The number of amides is 1. The van der Waals surface area contributed by atoms with E-state index in [4.69, 9.17) is 5.11 Å². The first-order valence-corrected chi connectivity index (χ1v) is 8.00. The van der Waals surface area contributed by atoms with Crippen LogP contribution < -0.4 is 5.32 Å². The van der Waals surface area contributed by atoms with E-state index in [2.05, 4.69) is 47.6 Å². The van der Waals surface area contributed by atoms with Gasteiger partial charge in [0.25, 0.3) is 0 Å². The molecule has 0 aliphatic carbocycles. The van der Waals surface area contributed by atoms with Crippen LogP contribution in [-0.2, 0) is 6.54 Å². The van der Waals surface area contributed by atoms with Crippen LogP contribution in [0.1, 0.15) is 22.3 Å². The molecule has 0 aliphatic rings. The molecule has 3 rings (SSSR count). The Labute approximate surface area is 146 Å². The van der Waals surface area contributed by atoms with Crippen molar-refractivity contribution in [2.75, 3.05) is 0 Å². The first-order valence-electron chi connectivity index (χ1n) is 8.00. The topological polar surface area (TPSA) is 80.0 Å². The molecule has 0 fully saturated rings. The van der Waals surface area contributed by atoms with Crippen molar-refractivity contribution in [2.45, 2.75) is 27.3 Å². The second-order valence-electron chi connectivity index (χ2n) is 6.11. The van der Waals surface area contributed by atoms with Crippen LogP contribution >= 0.6 is 0 Å². The molecular formula is C19H20N4O2. The van der Waals surface area contributed by atoms with Gasteiger partial charge in [0, 0.05) is 12.1 Å². The number of nitrogens with zero attached hydrogens (tertiary/aromatic N) is 3. The van der Waals surface area contributed by atoms with Gasteiger partial charge in [-0.25, -0.2) is 4.79 Å². The molecule has 0 spiro atoms. The van der Waals surface area contributed by atoms with Crippen LogP contribution in [0.3, 0.4) is 0 Å². The van der Waals surface area contributed by atoms with Crippen LogP contribution in [0.5, 0.6) is 0 Å². The summed E-state index contributed by atoms with van der Waals surface area (Å²) >= 11 is 0. The summed E-state index contributed by atoms with van der Waals surface area (Å²) in [7, 11) is 0. The minimum absolute atomic E-state index is 0.250.